The van der Waals surface area contributed by atoms with Crippen LogP contribution in [0.2, 0.25) is 0 Å². The van der Waals surface area contributed by atoms with Crippen LogP contribution in [-0.2, 0) is 4.74 Å². The first-order chi connectivity index (χ1) is 9.00. The van der Waals surface area contributed by atoms with E-state index < -0.39 is 10.9 Å². The number of hydrogen-bond donors (Lipinski definition) is 2. The van der Waals surface area contributed by atoms with Crippen molar-refractivity contribution in [3.63, 3.8) is 0 Å². The molecule has 0 aliphatic carbocycles. The van der Waals surface area contributed by atoms with Gasteiger partial charge in [-0.05, 0) is 19.4 Å². The Morgan fingerprint density at radius 2 is 2.32 bits per heavy atom. The number of nitro groups is 1. The number of rotatable bonds is 4. The highest BCUT2D eigenvalue weighted by Gasteiger charge is 2.29. The predicted octanol–water partition coefficient (Wildman–Crippen LogP) is 1.88. The van der Waals surface area contributed by atoms with Crippen molar-refractivity contribution in [1.82, 2.24) is 0 Å². The number of carbonyl (C=O) groups is 1. The van der Waals surface area contributed by atoms with Crippen LogP contribution in [0.3, 0.4) is 0 Å². The van der Waals surface area contributed by atoms with E-state index in [1.54, 1.807) is 0 Å². The maximum absolute atomic E-state index is 11.2. The van der Waals surface area contributed by atoms with Crippen LogP contribution in [0, 0.1) is 10.1 Å². The van der Waals surface area contributed by atoms with Gasteiger partial charge in [0.15, 0.2) is 0 Å². The first-order valence-electron chi connectivity index (χ1n) is 5.89. The van der Waals surface area contributed by atoms with Crippen molar-refractivity contribution >= 4 is 17.3 Å². The second-order valence-corrected chi connectivity index (χ2v) is 4.38. The monoisotopic (exact) mass is 266 g/mol. The molecule has 1 aliphatic heterocycles. The third-order valence-electron chi connectivity index (χ3n) is 3.18. The van der Waals surface area contributed by atoms with Crippen molar-refractivity contribution in [3.05, 3.63) is 33.9 Å². The Kier molecular flexibility index (Phi) is 3.66. The zero-order valence-corrected chi connectivity index (χ0v) is 10.3. The van der Waals surface area contributed by atoms with Crippen LogP contribution < -0.4 is 5.32 Å². The highest BCUT2D eigenvalue weighted by molar-refractivity contribution is 5.96. The summed E-state index contributed by atoms with van der Waals surface area (Å²) in [6.45, 7) is 2.40. The van der Waals surface area contributed by atoms with Crippen molar-refractivity contribution in [1.29, 1.82) is 0 Å². The maximum Gasteiger partial charge on any atom is 0.338 e. The van der Waals surface area contributed by atoms with E-state index in [9.17, 15) is 14.9 Å². The third kappa shape index (κ3) is 2.65. The summed E-state index contributed by atoms with van der Waals surface area (Å²) in [7, 11) is 0. The lowest BCUT2D eigenvalue weighted by Gasteiger charge is -2.18. The molecule has 2 unspecified atom stereocenters. The van der Waals surface area contributed by atoms with Crippen LogP contribution in [0.15, 0.2) is 18.2 Å². The van der Waals surface area contributed by atoms with Crippen LogP contribution >= 0.6 is 0 Å². The molecule has 1 saturated heterocycles. The normalized spacial score (nSPS) is 22.2. The van der Waals surface area contributed by atoms with E-state index in [0.29, 0.717) is 13.0 Å². The molecule has 0 amide bonds. The Labute approximate surface area is 109 Å². The van der Waals surface area contributed by atoms with Gasteiger partial charge in [-0.15, -0.1) is 0 Å². The van der Waals surface area contributed by atoms with Crippen molar-refractivity contribution in [2.75, 3.05) is 11.9 Å². The molecule has 0 spiro atoms. The molecule has 1 aliphatic rings. The molecule has 1 heterocycles. The number of nitro benzene ring substituents is 1. The zero-order chi connectivity index (χ0) is 14.0. The number of nitrogens with one attached hydrogen (secondary N) is 1. The number of aromatic carboxylic acids is 1. The SMILES string of the molecule is CC1OCCC1Nc1c(C(=O)O)cccc1[N+](=O)[O-]. The minimum absolute atomic E-state index is 0.0438. The van der Waals surface area contributed by atoms with Gasteiger partial charge in [0.1, 0.15) is 5.69 Å². The summed E-state index contributed by atoms with van der Waals surface area (Å²) in [5, 5.41) is 23.1. The first-order valence-corrected chi connectivity index (χ1v) is 5.89. The molecule has 0 saturated carbocycles. The third-order valence-corrected chi connectivity index (χ3v) is 3.18. The Bertz CT molecular complexity index is 485. The van der Waals surface area contributed by atoms with Crippen molar-refractivity contribution in [2.24, 2.45) is 0 Å². The quantitative estimate of drug-likeness (QED) is 0.637. The molecule has 0 radical (unpaired) electrons. The average Bonchev–Trinajstić information content (AvgIpc) is 2.74. The smallest absolute Gasteiger partial charge is 0.338 e. The summed E-state index contributed by atoms with van der Waals surface area (Å²) in [5.41, 5.74) is -0.297. The van der Waals surface area contributed by atoms with E-state index in [2.05, 4.69) is 5.32 Å². The van der Waals surface area contributed by atoms with Gasteiger partial charge in [0.25, 0.3) is 5.69 Å². The number of nitrogens with zero attached hydrogens (tertiary/aromatic N) is 1. The van der Waals surface area contributed by atoms with E-state index >= 15 is 0 Å². The Morgan fingerprint density at radius 3 is 2.84 bits per heavy atom. The molecule has 0 aromatic heterocycles. The zero-order valence-electron chi connectivity index (χ0n) is 10.3. The largest absolute Gasteiger partial charge is 0.478 e. The van der Waals surface area contributed by atoms with Crippen LogP contribution in [0.25, 0.3) is 0 Å². The number of anilines is 1. The molecule has 19 heavy (non-hydrogen) atoms. The summed E-state index contributed by atoms with van der Waals surface area (Å²) in [4.78, 5) is 21.6. The minimum atomic E-state index is -1.20. The topological polar surface area (TPSA) is 102 Å². The van der Waals surface area contributed by atoms with Gasteiger partial charge in [0.2, 0.25) is 0 Å². The van der Waals surface area contributed by atoms with Crippen LogP contribution in [0.4, 0.5) is 11.4 Å². The van der Waals surface area contributed by atoms with Gasteiger partial charge in [-0.2, -0.15) is 0 Å². The Balaban J connectivity index is 2.40. The van der Waals surface area contributed by atoms with Gasteiger partial charge in [-0.25, -0.2) is 4.79 Å². The van der Waals surface area contributed by atoms with Crippen LogP contribution in [-0.4, -0.2) is 34.8 Å². The van der Waals surface area contributed by atoms with Crippen molar-refractivity contribution < 1.29 is 19.6 Å². The summed E-state index contributed by atoms with van der Waals surface area (Å²) in [6, 6.07) is 3.87. The molecule has 1 aromatic carbocycles. The fourth-order valence-corrected chi connectivity index (χ4v) is 2.13. The van der Waals surface area contributed by atoms with E-state index in [1.165, 1.54) is 18.2 Å². The number of carboxylic acid groups (broad SMARTS) is 1. The van der Waals surface area contributed by atoms with E-state index in [-0.39, 0.29) is 29.1 Å². The number of carboxylic acids is 1. The molecule has 2 rings (SSSR count). The van der Waals surface area contributed by atoms with Gasteiger partial charge < -0.3 is 15.2 Å². The molecule has 0 bridgehead atoms. The van der Waals surface area contributed by atoms with Crippen molar-refractivity contribution in [3.8, 4) is 0 Å². The van der Waals surface area contributed by atoms with Gasteiger partial charge in [0, 0.05) is 12.7 Å². The van der Waals surface area contributed by atoms with Gasteiger partial charge in [-0.3, -0.25) is 10.1 Å². The highest BCUT2D eigenvalue weighted by Crippen LogP contribution is 2.31. The van der Waals surface area contributed by atoms with Gasteiger partial charge in [0.05, 0.1) is 22.6 Å². The molecular weight excluding hydrogens is 252 g/mol. The molecule has 2 atom stereocenters. The average molecular weight is 266 g/mol. The second-order valence-electron chi connectivity index (χ2n) is 4.38. The fourth-order valence-electron chi connectivity index (χ4n) is 2.13. The molecular formula is C12H14N2O5. The summed E-state index contributed by atoms with van der Waals surface area (Å²) >= 11 is 0. The lowest BCUT2D eigenvalue weighted by atomic mass is 10.1. The number of hydrogen-bond acceptors (Lipinski definition) is 5. The second kappa shape index (κ2) is 5.23. The predicted molar refractivity (Wildman–Crippen MR) is 67.5 cm³/mol. The van der Waals surface area contributed by atoms with Crippen LogP contribution in [0.1, 0.15) is 23.7 Å². The molecule has 7 nitrogen and oxygen atoms in total. The lowest BCUT2D eigenvalue weighted by Crippen LogP contribution is -2.28. The number of para-hydroxylation sites is 1. The van der Waals surface area contributed by atoms with Gasteiger partial charge in [-0.1, -0.05) is 6.07 Å². The molecule has 1 fully saturated rings. The number of benzene rings is 1. The van der Waals surface area contributed by atoms with Crippen LogP contribution in [0.5, 0.6) is 0 Å². The highest BCUT2D eigenvalue weighted by atomic mass is 16.6. The van der Waals surface area contributed by atoms with E-state index in [1.807, 2.05) is 6.92 Å². The minimum Gasteiger partial charge on any atom is -0.478 e. The molecule has 7 heteroatoms. The van der Waals surface area contributed by atoms with E-state index in [0.717, 1.165) is 0 Å². The van der Waals surface area contributed by atoms with E-state index in [4.69, 9.17) is 9.84 Å². The van der Waals surface area contributed by atoms with Gasteiger partial charge >= 0.3 is 5.97 Å². The Morgan fingerprint density at radius 1 is 1.58 bits per heavy atom. The fraction of sp³-hybridized carbons (Fsp3) is 0.417. The first kappa shape index (κ1) is 13.3. The molecule has 102 valence electrons. The summed E-state index contributed by atoms with van der Waals surface area (Å²) in [6.07, 6.45) is 0.577. The summed E-state index contributed by atoms with van der Waals surface area (Å²) < 4.78 is 5.36. The molecule has 2 N–H and O–H groups in total. The van der Waals surface area contributed by atoms with Crippen molar-refractivity contribution in [2.45, 2.75) is 25.5 Å². The summed E-state index contributed by atoms with van der Waals surface area (Å²) in [5.74, 6) is -1.20. The number of ether oxygens (including phenoxy) is 1. The standard InChI is InChI=1S/C12H14N2O5/c1-7-9(5-6-19-7)13-11-8(12(15)16)3-2-4-10(11)14(17)18/h2-4,7,9,13H,5-6H2,1H3,(H,15,16). The molecule has 1 aromatic rings. The lowest BCUT2D eigenvalue weighted by molar-refractivity contribution is -0.384. The Hall–Kier alpha value is -2.15. The maximum atomic E-state index is 11.2.